The van der Waals surface area contributed by atoms with Gasteiger partial charge in [-0.05, 0) is 111 Å². The number of halogens is 2. The van der Waals surface area contributed by atoms with E-state index in [0.29, 0.717) is 0 Å². The normalized spacial score (nSPS) is 16.5. The van der Waals surface area contributed by atoms with Crippen molar-refractivity contribution >= 4 is 42.0 Å². The van der Waals surface area contributed by atoms with Crippen LogP contribution in [0.25, 0.3) is 28.3 Å². The van der Waals surface area contributed by atoms with E-state index in [0.717, 1.165) is 6.42 Å². The molecular formula is C35H30Cl2. The van der Waals surface area contributed by atoms with E-state index in [9.17, 15) is 0 Å². The number of hydrogen-bond acceptors (Lipinski definition) is 0. The van der Waals surface area contributed by atoms with Crippen molar-refractivity contribution < 1.29 is 0 Å². The van der Waals surface area contributed by atoms with Gasteiger partial charge in [0.15, 0.2) is 0 Å². The Morgan fingerprint density at radius 3 is 2.11 bits per heavy atom. The van der Waals surface area contributed by atoms with E-state index in [2.05, 4.69) is 118 Å². The lowest BCUT2D eigenvalue weighted by atomic mass is 9.74. The molecule has 0 fully saturated rings. The van der Waals surface area contributed by atoms with Gasteiger partial charge >= 0.3 is 0 Å². The highest BCUT2D eigenvalue weighted by atomic mass is 35.5. The molecule has 184 valence electrons. The highest BCUT2D eigenvalue weighted by molar-refractivity contribution is 6.04. The van der Waals surface area contributed by atoms with Gasteiger partial charge in [0.05, 0.1) is 0 Å². The van der Waals surface area contributed by atoms with Crippen molar-refractivity contribution in [2.24, 2.45) is 0 Å². The maximum Gasteiger partial charge on any atom is 0.0292 e. The summed E-state index contributed by atoms with van der Waals surface area (Å²) in [4.78, 5) is 0. The van der Waals surface area contributed by atoms with Gasteiger partial charge in [-0.3, -0.25) is 0 Å². The first-order valence-electron chi connectivity index (χ1n) is 12.6. The average Bonchev–Trinajstić information content (AvgIpc) is 3.43. The lowest BCUT2D eigenvalue weighted by molar-refractivity contribution is 1.03. The molecule has 0 aliphatic heterocycles. The minimum Gasteiger partial charge on any atom is -0.147 e. The van der Waals surface area contributed by atoms with E-state index >= 15 is 0 Å². The Morgan fingerprint density at radius 2 is 1.30 bits per heavy atom. The molecule has 3 aliphatic carbocycles. The molecule has 0 heterocycles. The second-order valence-electron chi connectivity index (χ2n) is 10.2. The van der Waals surface area contributed by atoms with Gasteiger partial charge in [0.2, 0.25) is 0 Å². The highest BCUT2D eigenvalue weighted by Crippen LogP contribution is 2.49. The van der Waals surface area contributed by atoms with Gasteiger partial charge < -0.3 is 0 Å². The fraction of sp³-hybridized carbons (Fsp3) is 0.143. The first-order chi connectivity index (χ1) is 17.1. The molecule has 0 N–H and O–H groups in total. The van der Waals surface area contributed by atoms with Crippen LogP contribution in [0.1, 0.15) is 46.2 Å². The third-order valence-electron chi connectivity index (χ3n) is 8.21. The summed E-state index contributed by atoms with van der Waals surface area (Å²) in [6, 6.07) is 31.4. The van der Waals surface area contributed by atoms with Gasteiger partial charge in [-0.25, -0.2) is 0 Å². The Hall–Kier alpha value is -3.32. The van der Waals surface area contributed by atoms with E-state index in [-0.39, 0.29) is 30.7 Å². The van der Waals surface area contributed by atoms with Crippen LogP contribution < -0.4 is 10.4 Å². The van der Waals surface area contributed by atoms with Gasteiger partial charge in [0.25, 0.3) is 0 Å². The fourth-order valence-corrected chi connectivity index (χ4v) is 6.71. The molecule has 0 amide bonds. The second-order valence-corrected chi connectivity index (χ2v) is 10.2. The van der Waals surface area contributed by atoms with Crippen molar-refractivity contribution in [3.05, 3.63) is 146 Å². The number of benzene rings is 4. The van der Waals surface area contributed by atoms with Crippen LogP contribution in [0.5, 0.6) is 0 Å². The van der Waals surface area contributed by atoms with Crippen LogP contribution in [0.4, 0.5) is 0 Å². The standard InChI is InChI=1S/C35H28.2ClH/c1-21-10-8-11-22(2)33(21)31-18-23(3)34(32-20-25-13-5-7-15-27(25)35(31)32)29-17-9-16-28-26-14-6-4-12-24(26)19-30(28)29;;/h4-18,20,31H,19H2,1-3H3;2*1H. The van der Waals surface area contributed by atoms with Gasteiger partial charge in [-0.15, -0.1) is 24.8 Å². The van der Waals surface area contributed by atoms with E-state index in [1.807, 2.05) is 0 Å². The SMILES string of the molecule is CC1=CC(c2c(C)cccc2C)C2=c3ccccc3=CC2=C1c1cccc2c1Cc1ccccc1-2.Cl.Cl. The monoisotopic (exact) mass is 520 g/mol. The molecule has 37 heavy (non-hydrogen) atoms. The maximum absolute atomic E-state index is 2.53. The van der Waals surface area contributed by atoms with Crippen LogP contribution in [0.3, 0.4) is 0 Å². The van der Waals surface area contributed by atoms with Gasteiger partial charge in [-0.1, -0.05) is 91.0 Å². The molecule has 7 rings (SSSR count). The van der Waals surface area contributed by atoms with Crippen molar-refractivity contribution in [1.29, 1.82) is 0 Å². The number of aryl methyl sites for hydroxylation is 2. The first-order valence-corrected chi connectivity index (χ1v) is 12.6. The summed E-state index contributed by atoms with van der Waals surface area (Å²) >= 11 is 0. The van der Waals surface area contributed by atoms with Gasteiger partial charge in [0.1, 0.15) is 0 Å². The number of fused-ring (bicyclic) bond motifs is 5. The summed E-state index contributed by atoms with van der Waals surface area (Å²) in [6.07, 6.45) is 5.98. The molecule has 4 aromatic carbocycles. The Morgan fingerprint density at radius 1 is 0.649 bits per heavy atom. The molecule has 0 aromatic heterocycles. The molecule has 0 bridgehead atoms. The van der Waals surface area contributed by atoms with Crippen LogP contribution in [0.15, 0.2) is 102 Å². The van der Waals surface area contributed by atoms with Gasteiger partial charge in [0, 0.05) is 5.92 Å². The molecule has 1 atom stereocenters. The van der Waals surface area contributed by atoms with E-state index in [4.69, 9.17) is 0 Å². The number of allylic oxidation sites excluding steroid dienone is 4. The van der Waals surface area contributed by atoms with E-state index < -0.39 is 0 Å². The maximum atomic E-state index is 2.53. The molecule has 0 saturated heterocycles. The largest absolute Gasteiger partial charge is 0.147 e. The second kappa shape index (κ2) is 9.53. The topological polar surface area (TPSA) is 0 Å². The highest BCUT2D eigenvalue weighted by Gasteiger charge is 2.32. The quantitative estimate of drug-likeness (QED) is 0.222. The third-order valence-corrected chi connectivity index (χ3v) is 8.21. The summed E-state index contributed by atoms with van der Waals surface area (Å²) < 4.78 is 0. The van der Waals surface area contributed by atoms with Crippen molar-refractivity contribution in [3.8, 4) is 11.1 Å². The molecule has 4 aromatic rings. The van der Waals surface area contributed by atoms with E-state index in [1.165, 1.54) is 77.2 Å². The van der Waals surface area contributed by atoms with Crippen LogP contribution in [0.2, 0.25) is 0 Å². The summed E-state index contributed by atoms with van der Waals surface area (Å²) in [7, 11) is 0. The summed E-state index contributed by atoms with van der Waals surface area (Å²) in [6.45, 7) is 6.84. The number of rotatable bonds is 2. The van der Waals surface area contributed by atoms with E-state index in [1.54, 1.807) is 0 Å². The van der Waals surface area contributed by atoms with Gasteiger partial charge in [-0.2, -0.15) is 0 Å². The molecule has 3 aliphatic rings. The zero-order chi connectivity index (χ0) is 23.7. The number of hydrogen-bond donors (Lipinski definition) is 0. The van der Waals surface area contributed by atoms with Crippen LogP contribution in [-0.4, -0.2) is 0 Å². The average molecular weight is 522 g/mol. The van der Waals surface area contributed by atoms with Crippen molar-refractivity contribution in [1.82, 2.24) is 0 Å². The minimum atomic E-state index is 0. The van der Waals surface area contributed by atoms with Crippen LogP contribution >= 0.6 is 24.8 Å². The Bertz CT molecular complexity index is 1730. The lowest BCUT2D eigenvalue weighted by Crippen LogP contribution is -2.24. The lowest BCUT2D eigenvalue weighted by Gasteiger charge is -2.30. The van der Waals surface area contributed by atoms with Crippen molar-refractivity contribution in [2.45, 2.75) is 33.1 Å². The zero-order valence-corrected chi connectivity index (χ0v) is 23.0. The van der Waals surface area contributed by atoms with Crippen LogP contribution in [-0.2, 0) is 6.42 Å². The Labute approximate surface area is 231 Å². The first kappa shape index (κ1) is 25.3. The summed E-state index contributed by atoms with van der Waals surface area (Å²) in [5, 5.41) is 2.72. The molecule has 0 nitrogen and oxygen atoms in total. The predicted molar refractivity (Wildman–Crippen MR) is 162 cm³/mol. The Kier molecular flexibility index (Phi) is 6.52. The minimum absolute atomic E-state index is 0. The summed E-state index contributed by atoms with van der Waals surface area (Å²) in [5.74, 6) is 0.267. The fourth-order valence-electron chi connectivity index (χ4n) is 6.71. The third kappa shape index (κ3) is 3.74. The van der Waals surface area contributed by atoms with Crippen molar-refractivity contribution in [3.63, 3.8) is 0 Å². The molecular weight excluding hydrogens is 491 g/mol. The van der Waals surface area contributed by atoms with Crippen LogP contribution in [0, 0.1) is 13.8 Å². The predicted octanol–water partition coefficient (Wildman–Crippen LogP) is 7.86. The molecule has 0 saturated carbocycles. The van der Waals surface area contributed by atoms with Crippen molar-refractivity contribution in [2.75, 3.05) is 0 Å². The Balaban J connectivity index is 0.00000140. The molecule has 0 radical (unpaired) electrons. The smallest absolute Gasteiger partial charge is 0.0292 e. The summed E-state index contributed by atoms with van der Waals surface area (Å²) in [5.41, 5.74) is 16.9. The zero-order valence-electron chi connectivity index (χ0n) is 21.3. The molecule has 2 heteroatoms. The molecule has 1 unspecified atom stereocenters. The molecule has 0 spiro atoms.